The summed E-state index contributed by atoms with van der Waals surface area (Å²) in [6.45, 7) is 0.870. The lowest BCUT2D eigenvalue weighted by Crippen LogP contribution is -2.16. The van der Waals surface area contributed by atoms with Crippen molar-refractivity contribution in [1.29, 1.82) is 0 Å². The molecule has 0 radical (unpaired) electrons. The Balaban J connectivity index is 1.96. The normalized spacial score (nSPS) is 11.0. The Morgan fingerprint density at radius 3 is 2.83 bits per heavy atom. The van der Waals surface area contributed by atoms with Gasteiger partial charge in [0.1, 0.15) is 5.75 Å². The summed E-state index contributed by atoms with van der Waals surface area (Å²) in [4.78, 5) is 12.0. The van der Waals surface area contributed by atoms with Gasteiger partial charge in [-0.2, -0.15) is 8.78 Å². The highest BCUT2D eigenvalue weighted by molar-refractivity contribution is 7.99. The predicted octanol–water partition coefficient (Wildman–Crippen LogP) is 2.59. The fourth-order valence-corrected chi connectivity index (χ4v) is 2.50. The molecule has 1 aromatic heterocycles. The second kappa shape index (κ2) is 7.86. The van der Waals surface area contributed by atoms with Gasteiger partial charge in [-0.05, 0) is 36.4 Å². The van der Waals surface area contributed by atoms with Crippen LogP contribution in [0.1, 0.15) is 19.9 Å². The molecule has 2 rings (SSSR count). The van der Waals surface area contributed by atoms with Gasteiger partial charge in [-0.15, -0.1) is 5.10 Å². The third-order valence-corrected chi connectivity index (χ3v) is 3.59. The minimum absolute atomic E-state index is 0.0378. The van der Waals surface area contributed by atoms with Gasteiger partial charge in [0.2, 0.25) is 11.1 Å². The predicted molar refractivity (Wildman–Crippen MR) is 80.6 cm³/mol. The average molecular weight is 343 g/mol. The van der Waals surface area contributed by atoms with Gasteiger partial charge in [0.25, 0.3) is 0 Å². The van der Waals surface area contributed by atoms with E-state index in [1.807, 2.05) is 13.8 Å². The number of ether oxygens (including phenoxy) is 1. The molecule has 0 saturated carbocycles. The number of carbonyl (C=O) groups is 1. The highest BCUT2D eigenvalue weighted by atomic mass is 32.2. The molecule has 1 heterocycles. The lowest BCUT2D eigenvalue weighted by atomic mass is 10.3. The molecule has 0 unspecified atom stereocenters. The van der Waals surface area contributed by atoms with Gasteiger partial charge in [-0.25, -0.2) is 4.68 Å². The molecular formula is C13H15F2N5O2S. The first kappa shape index (κ1) is 17.1. The van der Waals surface area contributed by atoms with Crippen LogP contribution >= 0.6 is 11.8 Å². The van der Waals surface area contributed by atoms with Crippen molar-refractivity contribution in [3.05, 3.63) is 24.3 Å². The first-order chi connectivity index (χ1) is 11.0. The van der Waals surface area contributed by atoms with Crippen molar-refractivity contribution >= 4 is 23.4 Å². The van der Waals surface area contributed by atoms with E-state index in [2.05, 4.69) is 25.6 Å². The number of anilines is 1. The summed E-state index contributed by atoms with van der Waals surface area (Å²) >= 11 is 1.15. The third-order valence-electron chi connectivity index (χ3n) is 2.66. The van der Waals surface area contributed by atoms with Crippen LogP contribution in [0.25, 0.3) is 0 Å². The van der Waals surface area contributed by atoms with E-state index in [0.29, 0.717) is 5.16 Å². The summed E-state index contributed by atoms with van der Waals surface area (Å²) in [5, 5.41) is 14.3. The molecule has 1 N–H and O–H groups in total. The van der Waals surface area contributed by atoms with Gasteiger partial charge in [0.05, 0.1) is 17.5 Å². The molecule has 0 aliphatic rings. The molecule has 0 bridgehead atoms. The van der Waals surface area contributed by atoms with Gasteiger partial charge >= 0.3 is 6.61 Å². The van der Waals surface area contributed by atoms with Crippen LogP contribution in [-0.2, 0) is 4.79 Å². The van der Waals surface area contributed by atoms with Crippen molar-refractivity contribution in [3.63, 3.8) is 0 Å². The Bertz CT molecular complexity index is 665. The molecule has 7 nitrogen and oxygen atoms in total. The van der Waals surface area contributed by atoms with Crippen LogP contribution in [0.3, 0.4) is 0 Å². The number of tetrazole rings is 1. The number of rotatable bonds is 7. The standard InChI is InChI=1S/C13H15F2N5O2S/c1-8(2)20-13(17-18-19-20)23-7-11(21)16-9-5-3-4-6-10(9)22-12(14)15/h3-6,8,12H,7H2,1-2H3,(H,16,21). The maximum Gasteiger partial charge on any atom is 0.387 e. The van der Waals surface area contributed by atoms with E-state index in [-0.39, 0.29) is 29.1 Å². The van der Waals surface area contributed by atoms with E-state index in [4.69, 9.17) is 0 Å². The lowest BCUT2D eigenvalue weighted by Gasteiger charge is -2.11. The number of hydrogen-bond acceptors (Lipinski definition) is 6. The molecule has 0 fully saturated rings. The van der Waals surface area contributed by atoms with Crippen LogP contribution in [0.4, 0.5) is 14.5 Å². The van der Waals surface area contributed by atoms with Crippen molar-refractivity contribution in [3.8, 4) is 5.75 Å². The molecular weight excluding hydrogens is 328 g/mol. The Morgan fingerprint density at radius 2 is 2.13 bits per heavy atom. The smallest absolute Gasteiger partial charge is 0.387 e. The fraction of sp³-hybridized carbons (Fsp3) is 0.385. The Hall–Kier alpha value is -2.23. The summed E-state index contributed by atoms with van der Waals surface area (Å²) in [6.07, 6.45) is 0. The summed E-state index contributed by atoms with van der Waals surface area (Å²) < 4.78 is 30.6. The van der Waals surface area contributed by atoms with Crippen molar-refractivity contribution in [2.45, 2.75) is 31.7 Å². The van der Waals surface area contributed by atoms with Crippen molar-refractivity contribution in [2.24, 2.45) is 0 Å². The first-order valence-electron chi connectivity index (χ1n) is 6.71. The number of halogens is 2. The Morgan fingerprint density at radius 1 is 1.39 bits per heavy atom. The second-order valence-electron chi connectivity index (χ2n) is 4.71. The van der Waals surface area contributed by atoms with Gasteiger partial charge in [0.15, 0.2) is 0 Å². The zero-order valence-corrected chi connectivity index (χ0v) is 13.3. The number of nitrogens with zero attached hydrogens (tertiary/aromatic N) is 4. The van der Waals surface area contributed by atoms with Crippen LogP contribution in [0.2, 0.25) is 0 Å². The summed E-state index contributed by atoms with van der Waals surface area (Å²) in [5.74, 6) is -0.428. The van der Waals surface area contributed by atoms with E-state index in [0.717, 1.165) is 11.8 Å². The molecule has 124 valence electrons. The number of amides is 1. The quantitative estimate of drug-likeness (QED) is 0.778. The highest BCUT2D eigenvalue weighted by Crippen LogP contribution is 2.26. The van der Waals surface area contributed by atoms with E-state index in [1.165, 1.54) is 12.1 Å². The zero-order chi connectivity index (χ0) is 16.8. The molecule has 1 amide bonds. The second-order valence-corrected chi connectivity index (χ2v) is 5.65. The molecule has 0 aliphatic heterocycles. The molecule has 0 spiro atoms. The number of para-hydroxylation sites is 2. The monoisotopic (exact) mass is 343 g/mol. The van der Waals surface area contributed by atoms with E-state index in [1.54, 1.807) is 16.8 Å². The average Bonchev–Trinajstić information content (AvgIpc) is 2.95. The largest absolute Gasteiger partial charge is 0.433 e. The number of carbonyl (C=O) groups excluding carboxylic acids is 1. The number of nitrogens with one attached hydrogen (secondary N) is 1. The molecule has 10 heteroatoms. The Kier molecular flexibility index (Phi) is 5.85. The van der Waals surface area contributed by atoms with Crippen LogP contribution in [-0.4, -0.2) is 38.5 Å². The van der Waals surface area contributed by atoms with E-state index in [9.17, 15) is 13.6 Å². The van der Waals surface area contributed by atoms with Crippen molar-refractivity contribution < 1.29 is 18.3 Å². The maximum atomic E-state index is 12.3. The van der Waals surface area contributed by atoms with Crippen molar-refractivity contribution in [1.82, 2.24) is 20.2 Å². The summed E-state index contributed by atoms with van der Waals surface area (Å²) in [6, 6.07) is 6.06. The van der Waals surface area contributed by atoms with Crippen LogP contribution < -0.4 is 10.1 Å². The minimum Gasteiger partial charge on any atom is -0.433 e. The molecule has 0 saturated heterocycles. The molecule has 0 atom stereocenters. The highest BCUT2D eigenvalue weighted by Gasteiger charge is 2.14. The number of thioether (sulfide) groups is 1. The molecule has 23 heavy (non-hydrogen) atoms. The van der Waals surface area contributed by atoms with Crippen molar-refractivity contribution in [2.75, 3.05) is 11.1 Å². The molecule has 1 aromatic carbocycles. The topological polar surface area (TPSA) is 81.9 Å². The van der Waals surface area contributed by atoms with Crippen LogP contribution in [0.5, 0.6) is 5.75 Å². The first-order valence-corrected chi connectivity index (χ1v) is 7.70. The number of benzene rings is 1. The van der Waals surface area contributed by atoms with E-state index >= 15 is 0 Å². The SMILES string of the molecule is CC(C)n1nnnc1SCC(=O)Nc1ccccc1OC(F)F. The third kappa shape index (κ3) is 4.88. The molecule has 2 aromatic rings. The van der Waals surface area contributed by atoms with Gasteiger partial charge in [-0.1, -0.05) is 23.9 Å². The number of hydrogen-bond donors (Lipinski definition) is 1. The molecule has 0 aliphatic carbocycles. The van der Waals surface area contributed by atoms with Crippen LogP contribution in [0, 0.1) is 0 Å². The Labute approximate surface area is 135 Å². The van der Waals surface area contributed by atoms with Gasteiger partial charge < -0.3 is 10.1 Å². The number of aromatic nitrogens is 4. The minimum atomic E-state index is -2.96. The summed E-state index contributed by atoms with van der Waals surface area (Å²) in [7, 11) is 0. The fourth-order valence-electron chi connectivity index (χ4n) is 1.69. The van der Waals surface area contributed by atoms with Crippen LogP contribution in [0.15, 0.2) is 29.4 Å². The maximum absolute atomic E-state index is 12.3. The van der Waals surface area contributed by atoms with Gasteiger partial charge in [-0.3, -0.25) is 4.79 Å². The van der Waals surface area contributed by atoms with Gasteiger partial charge in [0, 0.05) is 0 Å². The zero-order valence-electron chi connectivity index (χ0n) is 12.4. The van der Waals surface area contributed by atoms with E-state index < -0.39 is 6.61 Å². The number of alkyl halides is 2. The summed E-state index contributed by atoms with van der Waals surface area (Å²) in [5.41, 5.74) is 0.182. The lowest BCUT2D eigenvalue weighted by molar-refractivity contribution is -0.113.